The molecule has 0 saturated carbocycles. The Hall–Kier alpha value is -2.51. The van der Waals surface area contributed by atoms with Crippen molar-refractivity contribution in [1.82, 2.24) is 15.1 Å². The van der Waals surface area contributed by atoms with Crippen LogP contribution in [0.3, 0.4) is 0 Å². The lowest BCUT2D eigenvalue weighted by Crippen LogP contribution is -2.41. The summed E-state index contributed by atoms with van der Waals surface area (Å²) in [6.45, 7) is 7.34. The molecule has 8 heteroatoms. The molecule has 2 heterocycles. The van der Waals surface area contributed by atoms with E-state index in [0.29, 0.717) is 0 Å². The van der Waals surface area contributed by atoms with Crippen molar-refractivity contribution in [1.29, 1.82) is 0 Å². The fraction of sp³-hybridized carbons (Fsp3) is 0.474. The molecule has 5 nitrogen and oxygen atoms in total. The number of rotatable bonds is 2. The summed E-state index contributed by atoms with van der Waals surface area (Å²) in [5, 5.41) is 9.73. The first-order chi connectivity index (χ1) is 12.5. The van der Waals surface area contributed by atoms with Gasteiger partial charge in [-0.3, -0.25) is 4.79 Å². The molecule has 0 unspecified atom stereocenters. The average Bonchev–Trinajstić information content (AvgIpc) is 2.96. The minimum atomic E-state index is -4.47. The van der Waals surface area contributed by atoms with Crippen molar-refractivity contribution in [2.24, 2.45) is 0 Å². The molecule has 146 valence electrons. The highest BCUT2D eigenvalue weighted by molar-refractivity contribution is 5.99. The standard InChI is InChI=1S/C19H23F3N4O/c1-11-5-7-12(8-6-11)14-9-15(19(20,21)22)26-16(24-14)13(10-23-26)17(27)25-18(2,3)4/h5-8,10,14-15,24H,9H2,1-4H3,(H,25,27)/t14-,15-/m0/s1. The van der Waals surface area contributed by atoms with Crippen LogP contribution in [0.5, 0.6) is 0 Å². The summed E-state index contributed by atoms with van der Waals surface area (Å²) in [7, 11) is 0. The van der Waals surface area contributed by atoms with Crippen molar-refractivity contribution >= 4 is 11.7 Å². The van der Waals surface area contributed by atoms with E-state index >= 15 is 0 Å². The number of halogens is 3. The Kier molecular flexibility index (Phi) is 4.69. The second-order valence-corrected chi connectivity index (χ2v) is 7.96. The molecule has 2 aromatic rings. The van der Waals surface area contributed by atoms with Gasteiger partial charge in [-0.2, -0.15) is 18.3 Å². The predicted molar refractivity (Wildman–Crippen MR) is 96.7 cm³/mol. The monoisotopic (exact) mass is 380 g/mol. The number of nitrogens with one attached hydrogen (secondary N) is 2. The molecule has 27 heavy (non-hydrogen) atoms. The third-order valence-corrected chi connectivity index (χ3v) is 4.45. The van der Waals surface area contributed by atoms with E-state index in [-0.39, 0.29) is 17.8 Å². The molecule has 1 aliphatic heterocycles. The van der Waals surface area contributed by atoms with Crippen molar-refractivity contribution in [3.05, 3.63) is 47.2 Å². The van der Waals surface area contributed by atoms with E-state index in [0.717, 1.165) is 15.8 Å². The number of carbonyl (C=O) groups is 1. The van der Waals surface area contributed by atoms with Crippen molar-refractivity contribution in [3.63, 3.8) is 0 Å². The number of nitrogens with zero attached hydrogens (tertiary/aromatic N) is 2. The van der Waals surface area contributed by atoms with Gasteiger partial charge in [0.05, 0.1) is 12.2 Å². The third kappa shape index (κ3) is 4.09. The van der Waals surface area contributed by atoms with Gasteiger partial charge in [-0.15, -0.1) is 0 Å². The first-order valence-corrected chi connectivity index (χ1v) is 8.75. The normalized spacial score (nSPS) is 20.0. The fourth-order valence-electron chi connectivity index (χ4n) is 3.15. The number of fused-ring (bicyclic) bond motifs is 1. The summed E-state index contributed by atoms with van der Waals surface area (Å²) in [6, 6.07) is 4.97. The summed E-state index contributed by atoms with van der Waals surface area (Å²) in [6.07, 6.45) is -3.47. The number of hydrogen-bond acceptors (Lipinski definition) is 3. The van der Waals surface area contributed by atoms with Crippen LogP contribution in [-0.4, -0.2) is 27.4 Å². The Morgan fingerprint density at radius 1 is 1.22 bits per heavy atom. The van der Waals surface area contributed by atoms with Gasteiger partial charge >= 0.3 is 6.18 Å². The Balaban J connectivity index is 2.01. The van der Waals surface area contributed by atoms with Crippen molar-refractivity contribution in [2.45, 2.75) is 57.9 Å². The molecule has 0 saturated heterocycles. The first kappa shape index (κ1) is 19.3. The minimum Gasteiger partial charge on any atom is -0.363 e. The zero-order chi connectivity index (χ0) is 20.0. The van der Waals surface area contributed by atoms with Crippen LogP contribution in [0.15, 0.2) is 30.5 Å². The summed E-state index contributed by atoms with van der Waals surface area (Å²) in [4.78, 5) is 12.6. The van der Waals surface area contributed by atoms with Crippen molar-refractivity contribution in [2.75, 3.05) is 5.32 Å². The molecule has 0 aliphatic carbocycles. The van der Waals surface area contributed by atoms with E-state index in [1.807, 2.05) is 39.8 Å². The second kappa shape index (κ2) is 6.58. The van der Waals surface area contributed by atoms with Gasteiger partial charge in [0, 0.05) is 12.0 Å². The highest BCUT2D eigenvalue weighted by atomic mass is 19.4. The lowest BCUT2D eigenvalue weighted by molar-refractivity contribution is -0.173. The number of anilines is 1. The maximum Gasteiger partial charge on any atom is 0.410 e. The van der Waals surface area contributed by atoms with Gasteiger partial charge in [0.25, 0.3) is 5.91 Å². The molecule has 0 radical (unpaired) electrons. The summed E-state index contributed by atoms with van der Waals surface area (Å²) in [5.41, 5.74) is 1.36. The van der Waals surface area contributed by atoms with E-state index in [9.17, 15) is 18.0 Å². The molecule has 1 amide bonds. The zero-order valence-corrected chi connectivity index (χ0v) is 15.7. The topological polar surface area (TPSA) is 59.0 Å². The maximum atomic E-state index is 13.7. The molecule has 1 aromatic carbocycles. The molecule has 2 N–H and O–H groups in total. The van der Waals surface area contributed by atoms with Crippen LogP contribution < -0.4 is 10.6 Å². The number of carbonyl (C=O) groups excluding carboxylic acids is 1. The van der Waals surface area contributed by atoms with Crippen molar-refractivity contribution < 1.29 is 18.0 Å². The van der Waals surface area contributed by atoms with E-state index in [1.54, 1.807) is 12.1 Å². The Morgan fingerprint density at radius 2 is 1.85 bits per heavy atom. The summed E-state index contributed by atoms with van der Waals surface area (Å²) < 4.78 is 41.9. The predicted octanol–water partition coefficient (Wildman–Crippen LogP) is 4.38. The number of benzene rings is 1. The Morgan fingerprint density at radius 3 is 2.41 bits per heavy atom. The van der Waals surface area contributed by atoms with Crippen LogP contribution in [0.2, 0.25) is 0 Å². The van der Waals surface area contributed by atoms with Crippen LogP contribution in [0.1, 0.15) is 60.8 Å². The highest BCUT2D eigenvalue weighted by Crippen LogP contribution is 2.44. The van der Waals surface area contributed by atoms with E-state index in [1.165, 1.54) is 6.20 Å². The van der Waals surface area contributed by atoms with Gasteiger partial charge < -0.3 is 10.6 Å². The molecule has 1 aliphatic rings. The number of alkyl halides is 3. The highest BCUT2D eigenvalue weighted by Gasteiger charge is 2.47. The van der Waals surface area contributed by atoms with Crippen LogP contribution in [-0.2, 0) is 0 Å². The number of hydrogen-bond donors (Lipinski definition) is 2. The summed E-state index contributed by atoms with van der Waals surface area (Å²) in [5.74, 6) is -0.363. The maximum absolute atomic E-state index is 13.7. The van der Waals surface area contributed by atoms with E-state index in [4.69, 9.17) is 0 Å². The average molecular weight is 380 g/mol. The van der Waals surface area contributed by atoms with Crippen LogP contribution in [0, 0.1) is 6.92 Å². The number of aromatic nitrogens is 2. The van der Waals surface area contributed by atoms with E-state index < -0.39 is 29.7 Å². The van der Waals surface area contributed by atoms with Crippen LogP contribution in [0.25, 0.3) is 0 Å². The largest absolute Gasteiger partial charge is 0.410 e. The lowest BCUT2D eigenvalue weighted by Gasteiger charge is -2.34. The minimum absolute atomic E-state index is 0.0934. The zero-order valence-electron chi connectivity index (χ0n) is 15.7. The fourth-order valence-corrected chi connectivity index (χ4v) is 3.15. The molecule has 0 fully saturated rings. The SMILES string of the molecule is Cc1ccc([C@@H]2C[C@@H](C(F)(F)F)n3ncc(C(=O)NC(C)(C)C)c3N2)cc1. The smallest absolute Gasteiger partial charge is 0.363 e. The Bertz CT molecular complexity index is 834. The Labute approximate surface area is 155 Å². The summed E-state index contributed by atoms with van der Waals surface area (Å²) >= 11 is 0. The lowest BCUT2D eigenvalue weighted by atomic mass is 9.96. The van der Waals surface area contributed by atoms with Crippen LogP contribution >= 0.6 is 0 Å². The quantitative estimate of drug-likeness (QED) is 0.813. The van der Waals surface area contributed by atoms with Gasteiger partial charge in [0.15, 0.2) is 6.04 Å². The first-order valence-electron chi connectivity index (χ1n) is 8.75. The van der Waals surface area contributed by atoms with Gasteiger partial charge in [0.1, 0.15) is 11.4 Å². The number of aryl methyl sites for hydroxylation is 1. The molecule has 0 spiro atoms. The molecular weight excluding hydrogens is 357 g/mol. The molecule has 1 aromatic heterocycles. The van der Waals surface area contributed by atoms with Crippen LogP contribution in [0.4, 0.5) is 19.0 Å². The van der Waals surface area contributed by atoms with E-state index in [2.05, 4.69) is 15.7 Å². The van der Waals surface area contributed by atoms with Gasteiger partial charge in [-0.25, -0.2) is 4.68 Å². The second-order valence-electron chi connectivity index (χ2n) is 7.96. The molecule has 0 bridgehead atoms. The number of amides is 1. The van der Waals surface area contributed by atoms with Gasteiger partial charge in [0.2, 0.25) is 0 Å². The van der Waals surface area contributed by atoms with Gasteiger partial charge in [-0.1, -0.05) is 29.8 Å². The molecular formula is C19H23F3N4O. The van der Waals surface area contributed by atoms with Gasteiger partial charge in [-0.05, 0) is 33.3 Å². The molecule has 3 rings (SSSR count). The molecule has 2 atom stereocenters. The third-order valence-electron chi connectivity index (χ3n) is 4.45. The van der Waals surface area contributed by atoms with Crippen molar-refractivity contribution in [3.8, 4) is 0 Å².